The maximum Gasteiger partial charge on any atom is 0.191 e. The summed E-state index contributed by atoms with van der Waals surface area (Å²) in [6, 6.07) is 6.58. The molecule has 0 fully saturated rings. The van der Waals surface area contributed by atoms with Crippen molar-refractivity contribution in [2.24, 2.45) is 5.73 Å². The van der Waals surface area contributed by atoms with Gasteiger partial charge in [0, 0.05) is 12.3 Å². The largest absolute Gasteiger partial charge is 0.324 e. The van der Waals surface area contributed by atoms with Crippen molar-refractivity contribution < 1.29 is 0 Å². The first kappa shape index (κ1) is 14.1. The summed E-state index contributed by atoms with van der Waals surface area (Å²) in [6.45, 7) is 7.65. The van der Waals surface area contributed by atoms with Gasteiger partial charge in [-0.2, -0.15) is 0 Å². The van der Waals surface area contributed by atoms with Gasteiger partial charge in [-0.05, 0) is 37.5 Å². The van der Waals surface area contributed by atoms with Crippen molar-refractivity contribution in [2.45, 2.75) is 44.8 Å². The summed E-state index contributed by atoms with van der Waals surface area (Å²) in [6.07, 6.45) is 0. The molecule has 4 nitrogen and oxygen atoms in total. The van der Waals surface area contributed by atoms with Gasteiger partial charge in [0.2, 0.25) is 0 Å². The molecule has 2 rings (SSSR count). The Morgan fingerprint density at radius 3 is 2.63 bits per heavy atom. The minimum Gasteiger partial charge on any atom is -0.324 e. The van der Waals surface area contributed by atoms with Crippen LogP contribution in [0.5, 0.6) is 0 Å². The molecule has 102 valence electrons. The van der Waals surface area contributed by atoms with Crippen LogP contribution in [0.25, 0.3) is 0 Å². The Morgan fingerprint density at radius 2 is 2.00 bits per heavy atom. The first-order chi connectivity index (χ1) is 9.15. The molecule has 0 aliphatic carbocycles. The summed E-state index contributed by atoms with van der Waals surface area (Å²) in [5.74, 6) is 1.76. The smallest absolute Gasteiger partial charge is 0.191 e. The van der Waals surface area contributed by atoms with Gasteiger partial charge in [-0.25, -0.2) is 0 Å². The normalized spacial score (nSPS) is 10.9. The number of thioether (sulfide) groups is 1. The third-order valence-electron chi connectivity index (χ3n) is 3.23. The molecule has 0 saturated heterocycles. The highest BCUT2D eigenvalue weighted by atomic mass is 32.2. The molecule has 19 heavy (non-hydrogen) atoms. The summed E-state index contributed by atoms with van der Waals surface area (Å²) in [4.78, 5) is 0. The topological polar surface area (TPSA) is 56.7 Å². The van der Waals surface area contributed by atoms with Crippen molar-refractivity contribution >= 4 is 11.8 Å². The molecule has 0 saturated carbocycles. The van der Waals surface area contributed by atoms with Crippen LogP contribution < -0.4 is 5.73 Å². The second-order valence-corrected chi connectivity index (χ2v) is 5.50. The van der Waals surface area contributed by atoms with E-state index < -0.39 is 0 Å². The lowest BCUT2D eigenvalue weighted by molar-refractivity contribution is 0.643. The highest BCUT2D eigenvalue weighted by Gasteiger charge is 2.10. The SMILES string of the molecule is CCn1c(CN)nnc1SCc1ccc(C)c(C)c1. The van der Waals surface area contributed by atoms with E-state index in [0.29, 0.717) is 6.54 Å². The number of rotatable bonds is 5. The molecule has 1 heterocycles. The zero-order valence-electron chi connectivity index (χ0n) is 11.7. The lowest BCUT2D eigenvalue weighted by Gasteiger charge is -2.07. The molecular weight excluding hydrogens is 256 g/mol. The molecule has 1 aromatic carbocycles. The minimum absolute atomic E-state index is 0.436. The van der Waals surface area contributed by atoms with E-state index in [1.54, 1.807) is 11.8 Å². The van der Waals surface area contributed by atoms with Gasteiger partial charge in [-0.15, -0.1) is 10.2 Å². The Bertz CT molecular complexity index is 563. The van der Waals surface area contributed by atoms with Crippen molar-refractivity contribution in [2.75, 3.05) is 0 Å². The lowest BCUT2D eigenvalue weighted by Crippen LogP contribution is -2.08. The van der Waals surface area contributed by atoms with Crippen LogP contribution in [0.15, 0.2) is 23.4 Å². The van der Waals surface area contributed by atoms with E-state index in [1.807, 2.05) is 0 Å². The number of nitrogens with two attached hydrogens (primary N) is 1. The van der Waals surface area contributed by atoms with Crippen molar-refractivity contribution in [1.29, 1.82) is 0 Å². The molecule has 0 spiro atoms. The molecule has 1 aromatic heterocycles. The van der Waals surface area contributed by atoms with Crippen LogP contribution in [0, 0.1) is 13.8 Å². The third-order valence-corrected chi connectivity index (χ3v) is 4.27. The Labute approximate surface area is 118 Å². The van der Waals surface area contributed by atoms with Gasteiger partial charge in [0.15, 0.2) is 5.16 Å². The fraction of sp³-hybridized carbons (Fsp3) is 0.429. The second-order valence-electron chi connectivity index (χ2n) is 4.55. The van der Waals surface area contributed by atoms with Crippen LogP contribution in [0.1, 0.15) is 29.4 Å². The van der Waals surface area contributed by atoms with Crippen LogP contribution in [0.3, 0.4) is 0 Å². The van der Waals surface area contributed by atoms with Crippen LogP contribution >= 0.6 is 11.8 Å². The average molecular weight is 276 g/mol. The maximum atomic E-state index is 5.65. The number of aromatic nitrogens is 3. The predicted octanol–water partition coefficient (Wildman–Crippen LogP) is 2.67. The minimum atomic E-state index is 0.436. The van der Waals surface area contributed by atoms with Gasteiger partial charge in [0.05, 0.1) is 6.54 Å². The molecule has 2 aromatic rings. The van der Waals surface area contributed by atoms with Crippen molar-refractivity contribution in [3.8, 4) is 0 Å². The molecule has 0 bridgehead atoms. The van der Waals surface area contributed by atoms with Crippen LogP contribution in [0.2, 0.25) is 0 Å². The Hall–Kier alpha value is -1.33. The molecule has 0 aliphatic rings. The Morgan fingerprint density at radius 1 is 1.21 bits per heavy atom. The van der Waals surface area contributed by atoms with Gasteiger partial charge in [-0.3, -0.25) is 0 Å². The van der Waals surface area contributed by atoms with Gasteiger partial charge >= 0.3 is 0 Å². The average Bonchev–Trinajstić information content (AvgIpc) is 2.82. The summed E-state index contributed by atoms with van der Waals surface area (Å²) in [7, 11) is 0. The van der Waals surface area contributed by atoms with E-state index >= 15 is 0 Å². The zero-order chi connectivity index (χ0) is 13.8. The van der Waals surface area contributed by atoms with E-state index in [2.05, 4.69) is 53.7 Å². The summed E-state index contributed by atoms with van der Waals surface area (Å²) < 4.78 is 2.08. The maximum absolute atomic E-state index is 5.65. The molecule has 0 aliphatic heterocycles. The number of nitrogens with zero attached hydrogens (tertiary/aromatic N) is 3. The van der Waals surface area contributed by atoms with Crippen molar-refractivity contribution in [1.82, 2.24) is 14.8 Å². The summed E-state index contributed by atoms with van der Waals surface area (Å²) in [5.41, 5.74) is 9.62. The first-order valence-electron chi connectivity index (χ1n) is 6.46. The van der Waals surface area contributed by atoms with Gasteiger partial charge < -0.3 is 10.3 Å². The first-order valence-corrected chi connectivity index (χ1v) is 7.45. The molecule has 0 atom stereocenters. The summed E-state index contributed by atoms with van der Waals surface area (Å²) >= 11 is 1.71. The monoisotopic (exact) mass is 276 g/mol. The van der Waals surface area contributed by atoms with Crippen molar-refractivity contribution in [3.63, 3.8) is 0 Å². The lowest BCUT2D eigenvalue weighted by atomic mass is 10.1. The number of hydrogen-bond donors (Lipinski definition) is 1. The summed E-state index contributed by atoms with van der Waals surface area (Å²) in [5, 5.41) is 9.27. The fourth-order valence-corrected chi connectivity index (χ4v) is 2.90. The van der Waals surface area contributed by atoms with Crippen molar-refractivity contribution in [3.05, 3.63) is 40.7 Å². The Balaban J connectivity index is 2.09. The third kappa shape index (κ3) is 3.16. The molecular formula is C14H20N4S. The standard InChI is InChI=1S/C14H20N4S/c1-4-18-13(8-15)16-17-14(18)19-9-12-6-5-10(2)11(3)7-12/h5-7H,4,8-9,15H2,1-3H3. The van der Waals surface area contributed by atoms with Gasteiger partial charge in [-0.1, -0.05) is 30.0 Å². The number of aryl methyl sites for hydroxylation is 2. The quantitative estimate of drug-likeness (QED) is 0.853. The predicted molar refractivity (Wildman–Crippen MR) is 79.1 cm³/mol. The molecule has 0 amide bonds. The van der Waals surface area contributed by atoms with Gasteiger partial charge in [0.25, 0.3) is 0 Å². The fourth-order valence-electron chi connectivity index (χ4n) is 1.94. The van der Waals surface area contributed by atoms with Crippen LogP contribution in [-0.4, -0.2) is 14.8 Å². The van der Waals surface area contributed by atoms with E-state index in [9.17, 15) is 0 Å². The molecule has 5 heteroatoms. The molecule has 0 radical (unpaired) electrons. The molecule has 0 unspecified atom stereocenters. The van der Waals surface area contributed by atoms with E-state index in [-0.39, 0.29) is 0 Å². The van der Waals surface area contributed by atoms with Crippen LogP contribution in [0.4, 0.5) is 0 Å². The Kier molecular flexibility index (Phi) is 4.61. The highest BCUT2D eigenvalue weighted by molar-refractivity contribution is 7.98. The highest BCUT2D eigenvalue weighted by Crippen LogP contribution is 2.23. The van der Waals surface area contributed by atoms with Crippen LogP contribution in [-0.2, 0) is 18.8 Å². The van der Waals surface area contributed by atoms with E-state index in [4.69, 9.17) is 5.73 Å². The van der Waals surface area contributed by atoms with Gasteiger partial charge in [0.1, 0.15) is 5.82 Å². The molecule has 2 N–H and O–H groups in total. The number of hydrogen-bond acceptors (Lipinski definition) is 4. The number of benzene rings is 1. The second kappa shape index (κ2) is 6.21. The zero-order valence-corrected chi connectivity index (χ0v) is 12.5. The van der Waals surface area contributed by atoms with E-state index in [0.717, 1.165) is 23.3 Å². The van der Waals surface area contributed by atoms with E-state index in [1.165, 1.54) is 16.7 Å².